The largest absolute Gasteiger partial charge is 0.497 e. The van der Waals surface area contributed by atoms with Gasteiger partial charge in [0, 0.05) is 40.3 Å². The number of ether oxygens (including phenoxy) is 2. The molecule has 0 aliphatic carbocycles. The highest BCUT2D eigenvalue weighted by Gasteiger charge is 2.19. The summed E-state index contributed by atoms with van der Waals surface area (Å²) in [5.74, 6) is -0.556. The van der Waals surface area contributed by atoms with Gasteiger partial charge in [-0.1, -0.05) is 18.2 Å². The van der Waals surface area contributed by atoms with Crippen molar-refractivity contribution < 1.29 is 27.5 Å². The van der Waals surface area contributed by atoms with E-state index in [4.69, 9.17) is 13.9 Å². The molecule has 0 unspecified atom stereocenters. The Labute approximate surface area is 208 Å². The fourth-order valence-corrected chi connectivity index (χ4v) is 4.16. The van der Waals surface area contributed by atoms with E-state index in [9.17, 15) is 13.6 Å². The first-order valence-electron chi connectivity index (χ1n) is 11.6. The number of nitrogens with one attached hydrogen (secondary N) is 1. The third-order valence-corrected chi connectivity index (χ3v) is 5.99. The summed E-state index contributed by atoms with van der Waals surface area (Å²) in [6.45, 7) is 5.74. The summed E-state index contributed by atoms with van der Waals surface area (Å²) < 4.78 is 45.1. The number of benzene rings is 3. The van der Waals surface area contributed by atoms with E-state index in [1.165, 1.54) is 12.1 Å². The van der Waals surface area contributed by atoms with Crippen LogP contribution in [0.2, 0.25) is 0 Å². The number of fused-ring (bicyclic) bond motifs is 1. The topological polar surface area (TPSA) is 60.7 Å². The lowest BCUT2D eigenvalue weighted by molar-refractivity contribution is -0.116. The predicted octanol–water partition coefficient (Wildman–Crippen LogP) is 6.81. The van der Waals surface area contributed by atoms with Crippen molar-refractivity contribution in [3.05, 3.63) is 89.2 Å². The van der Waals surface area contributed by atoms with Crippen molar-refractivity contribution in [1.82, 2.24) is 5.32 Å². The van der Waals surface area contributed by atoms with Gasteiger partial charge in [0.1, 0.15) is 28.7 Å². The Hall–Kier alpha value is -4.13. The number of furan rings is 1. The van der Waals surface area contributed by atoms with Crippen molar-refractivity contribution >= 4 is 22.4 Å². The third-order valence-electron chi connectivity index (χ3n) is 5.99. The lowest BCUT2D eigenvalue weighted by Crippen LogP contribution is -2.22. The average Bonchev–Trinajstić information content (AvgIpc) is 3.29. The standard InChI is InChI=1S/C29H27F2NO4/c1-5-35-28-18(3)29-22(24(16-36-29)19-8-6-9-20(13-19)34-4)14-21(28)17(2)12-27(33)32-15-23-25(30)10-7-11-26(23)31/h6-14,16H,5,15H2,1-4H3,(H,32,33)/b17-12+. The van der Waals surface area contributed by atoms with Crippen molar-refractivity contribution in [2.75, 3.05) is 13.7 Å². The van der Waals surface area contributed by atoms with Crippen molar-refractivity contribution in [2.24, 2.45) is 0 Å². The van der Waals surface area contributed by atoms with Gasteiger partial charge in [0.15, 0.2) is 0 Å². The maximum atomic E-state index is 13.9. The summed E-state index contributed by atoms with van der Waals surface area (Å²) in [7, 11) is 1.61. The highest BCUT2D eigenvalue weighted by atomic mass is 19.1. The fourth-order valence-electron chi connectivity index (χ4n) is 4.16. The molecule has 1 aromatic heterocycles. The smallest absolute Gasteiger partial charge is 0.244 e. The molecular weight excluding hydrogens is 464 g/mol. The van der Waals surface area contributed by atoms with Crippen molar-refractivity contribution in [3.63, 3.8) is 0 Å². The number of methoxy groups -OCH3 is 1. The molecule has 1 N–H and O–H groups in total. The highest BCUT2D eigenvalue weighted by molar-refractivity contribution is 6.01. The van der Waals surface area contributed by atoms with E-state index in [-0.39, 0.29) is 12.1 Å². The number of hydrogen-bond donors (Lipinski definition) is 1. The molecule has 0 spiro atoms. The highest BCUT2D eigenvalue weighted by Crippen LogP contribution is 2.41. The minimum atomic E-state index is -0.708. The molecule has 0 radical (unpaired) electrons. The minimum Gasteiger partial charge on any atom is -0.497 e. The van der Waals surface area contributed by atoms with Gasteiger partial charge in [-0.25, -0.2) is 8.78 Å². The zero-order valence-corrected chi connectivity index (χ0v) is 20.6. The van der Waals surface area contributed by atoms with E-state index < -0.39 is 17.5 Å². The van der Waals surface area contributed by atoms with Gasteiger partial charge in [-0.2, -0.15) is 0 Å². The van der Waals surface area contributed by atoms with Gasteiger partial charge >= 0.3 is 0 Å². The Morgan fingerprint density at radius 2 is 1.83 bits per heavy atom. The predicted molar refractivity (Wildman–Crippen MR) is 136 cm³/mol. The molecule has 1 heterocycles. The summed E-state index contributed by atoms with van der Waals surface area (Å²) in [5, 5.41) is 3.42. The van der Waals surface area contributed by atoms with Crippen molar-refractivity contribution in [1.29, 1.82) is 0 Å². The molecule has 0 bridgehead atoms. The lowest BCUT2D eigenvalue weighted by atomic mass is 9.96. The average molecular weight is 492 g/mol. The summed E-state index contributed by atoms with van der Waals surface area (Å²) >= 11 is 0. The molecule has 1 amide bonds. The molecule has 0 fully saturated rings. The number of hydrogen-bond acceptors (Lipinski definition) is 4. The van der Waals surface area contributed by atoms with Crippen LogP contribution < -0.4 is 14.8 Å². The monoisotopic (exact) mass is 491 g/mol. The van der Waals surface area contributed by atoms with Crippen LogP contribution in [0.1, 0.15) is 30.5 Å². The molecule has 0 atom stereocenters. The van der Waals surface area contributed by atoms with Gasteiger partial charge in [0.2, 0.25) is 5.91 Å². The summed E-state index contributed by atoms with van der Waals surface area (Å²) in [6, 6.07) is 13.2. The van der Waals surface area contributed by atoms with Crippen LogP contribution in [0, 0.1) is 18.6 Å². The van der Waals surface area contributed by atoms with Gasteiger partial charge < -0.3 is 19.2 Å². The molecule has 0 aliphatic heterocycles. The van der Waals surface area contributed by atoms with Gasteiger partial charge in [-0.15, -0.1) is 0 Å². The molecule has 3 aromatic carbocycles. The number of carbonyl (C=O) groups excluding carboxylic acids is 1. The summed E-state index contributed by atoms with van der Waals surface area (Å²) in [5.41, 5.74) is 4.46. The van der Waals surface area contributed by atoms with Crippen molar-refractivity contribution in [3.8, 4) is 22.6 Å². The van der Waals surface area contributed by atoms with Crippen molar-refractivity contribution in [2.45, 2.75) is 27.3 Å². The third kappa shape index (κ3) is 4.96. The Bertz CT molecular complexity index is 1440. The SMILES string of the molecule is CCOc1c(/C(C)=C/C(=O)NCc2c(F)cccc2F)cc2c(-c3cccc(OC)c3)coc2c1C. The second kappa shape index (κ2) is 10.6. The van der Waals surface area contributed by atoms with Gasteiger partial charge in [-0.3, -0.25) is 4.79 Å². The molecule has 7 heteroatoms. The minimum absolute atomic E-state index is 0.189. The Morgan fingerprint density at radius 3 is 2.53 bits per heavy atom. The van der Waals surface area contributed by atoms with E-state index in [0.717, 1.165) is 45.5 Å². The second-order valence-corrected chi connectivity index (χ2v) is 8.31. The molecule has 4 rings (SSSR count). The molecule has 0 saturated heterocycles. The number of aryl methyl sites for hydroxylation is 1. The lowest BCUT2D eigenvalue weighted by Gasteiger charge is -2.15. The van der Waals surface area contributed by atoms with Crippen LogP contribution in [0.4, 0.5) is 8.78 Å². The number of halogens is 2. The number of amides is 1. The normalized spacial score (nSPS) is 11.6. The van der Waals surface area contributed by atoms with E-state index >= 15 is 0 Å². The first-order valence-corrected chi connectivity index (χ1v) is 11.6. The molecule has 0 aliphatic rings. The maximum absolute atomic E-state index is 13.9. The van der Waals surface area contributed by atoms with E-state index in [1.807, 2.05) is 44.2 Å². The molecular formula is C29H27F2NO4. The second-order valence-electron chi connectivity index (χ2n) is 8.31. The number of rotatable bonds is 8. The van der Waals surface area contributed by atoms with E-state index in [1.54, 1.807) is 20.3 Å². The van der Waals surface area contributed by atoms with Crippen LogP contribution in [0.3, 0.4) is 0 Å². The fraction of sp³-hybridized carbons (Fsp3) is 0.207. The van der Waals surface area contributed by atoms with Gasteiger partial charge in [-0.05, 0) is 62.2 Å². The molecule has 36 heavy (non-hydrogen) atoms. The van der Waals surface area contributed by atoms with Gasteiger partial charge in [0.05, 0.1) is 20.0 Å². The first kappa shape index (κ1) is 25.0. The van der Waals surface area contributed by atoms with Gasteiger partial charge in [0.25, 0.3) is 0 Å². The molecule has 5 nitrogen and oxygen atoms in total. The molecule has 4 aromatic rings. The maximum Gasteiger partial charge on any atom is 0.244 e. The zero-order valence-electron chi connectivity index (χ0n) is 20.6. The van der Waals surface area contributed by atoms with E-state index in [2.05, 4.69) is 5.32 Å². The summed E-state index contributed by atoms with van der Waals surface area (Å²) in [6.07, 6.45) is 3.09. The van der Waals surface area contributed by atoms with Crippen LogP contribution in [0.25, 0.3) is 27.7 Å². The van der Waals surface area contributed by atoms with Crippen LogP contribution in [0.15, 0.2) is 65.3 Å². The molecule has 0 saturated carbocycles. The Kier molecular flexibility index (Phi) is 7.38. The zero-order chi connectivity index (χ0) is 25.8. The van der Waals surface area contributed by atoms with Crippen LogP contribution in [-0.4, -0.2) is 19.6 Å². The molecule has 186 valence electrons. The first-order chi connectivity index (χ1) is 17.3. The Balaban J connectivity index is 1.72. The summed E-state index contributed by atoms with van der Waals surface area (Å²) in [4.78, 5) is 12.6. The van der Waals surface area contributed by atoms with E-state index in [0.29, 0.717) is 23.5 Å². The quantitative estimate of drug-likeness (QED) is 0.275. The van der Waals surface area contributed by atoms with Crippen LogP contribution in [-0.2, 0) is 11.3 Å². The Morgan fingerprint density at radius 1 is 1.11 bits per heavy atom. The van der Waals surface area contributed by atoms with Crippen LogP contribution in [0.5, 0.6) is 11.5 Å². The number of allylic oxidation sites excluding steroid dienone is 1. The van der Waals surface area contributed by atoms with Crippen LogP contribution >= 0.6 is 0 Å². The number of carbonyl (C=O) groups is 1.